The largest absolute Gasteiger partial charge is 0.439 e. The number of hydrogen-bond acceptors (Lipinski definition) is 3. The quantitative estimate of drug-likeness (QED) is 0.811. The molecule has 0 unspecified atom stereocenters. The molecule has 1 aromatic heterocycles. The van der Waals surface area contributed by atoms with Gasteiger partial charge in [-0.15, -0.1) is 0 Å². The fourth-order valence-electron chi connectivity index (χ4n) is 1.59. The third kappa shape index (κ3) is 2.47. The van der Waals surface area contributed by atoms with Crippen LogP contribution in [0.1, 0.15) is 22.6 Å². The lowest BCUT2D eigenvalue weighted by Crippen LogP contribution is -2.00. The molecule has 0 atom stereocenters. The van der Waals surface area contributed by atoms with Crippen molar-refractivity contribution in [2.24, 2.45) is 0 Å². The zero-order valence-corrected chi connectivity index (χ0v) is 10.9. The molecule has 4 heteroatoms. The second-order valence-electron chi connectivity index (χ2n) is 4.30. The summed E-state index contributed by atoms with van der Waals surface area (Å²) in [5.74, 6) is 1.27. The second-order valence-corrected chi connectivity index (χ2v) is 4.30. The summed E-state index contributed by atoms with van der Waals surface area (Å²) >= 11 is 0. The van der Waals surface area contributed by atoms with E-state index in [2.05, 4.69) is 9.97 Å². The van der Waals surface area contributed by atoms with E-state index in [1.165, 1.54) is 6.07 Å². The molecule has 2 aromatic rings. The first-order chi connectivity index (χ1) is 8.47. The highest BCUT2D eigenvalue weighted by molar-refractivity contribution is 5.35. The maximum Gasteiger partial charge on any atom is 0.225 e. The van der Waals surface area contributed by atoms with Crippen molar-refractivity contribution in [1.29, 1.82) is 0 Å². The van der Waals surface area contributed by atoms with E-state index in [9.17, 15) is 4.39 Å². The monoisotopic (exact) mass is 246 g/mol. The van der Waals surface area contributed by atoms with Gasteiger partial charge >= 0.3 is 0 Å². The Morgan fingerprint density at radius 1 is 1.06 bits per heavy atom. The van der Waals surface area contributed by atoms with Crippen molar-refractivity contribution in [2.45, 2.75) is 27.7 Å². The molecule has 0 aliphatic carbocycles. The van der Waals surface area contributed by atoms with Crippen LogP contribution in [0.3, 0.4) is 0 Å². The van der Waals surface area contributed by atoms with Gasteiger partial charge in [0.05, 0.1) is 0 Å². The first-order valence-corrected chi connectivity index (χ1v) is 5.73. The third-order valence-electron chi connectivity index (χ3n) is 2.81. The minimum atomic E-state index is -0.285. The van der Waals surface area contributed by atoms with Crippen LogP contribution in [0.2, 0.25) is 0 Å². The van der Waals surface area contributed by atoms with Crippen LogP contribution in [0.25, 0.3) is 0 Å². The van der Waals surface area contributed by atoms with Gasteiger partial charge < -0.3 is 4.74 Å². The topological polar surface area (TPSA) is 35.0 Å². The fourth-order valence-corrected chi connectivity index (χ4v) is 1.59. The summed E-state index contributed by atoms with van der Waals surface area (Å²) in [6.45, 7) is 7.29. The Morgan fingerprint density at radius 2 is 1.78 bits per heavy atom. The van der Waals surface area contributed by atoms with Crippen LogP contribution in [0.5, 0.6) is 11.6 Å². The Bertz CT molecular complexity index is 597. The van der Waals surface area contributed by atoms with E-state index >= 15 is 0 Å². The first-order valence-electron chi connectivity index (χ1n) is 5.73. The summed E-state index contributed by atoms with van der Waals surface area (Å²) in [6.07, 6.45) is 0. The van der Waals surface area contributed by atoms with Crippen LogP contribution in [0.4, 0.5) is 4.39 Å². The molecule has 0 aliphatic rings. The third-order valence-corrected chi connectivity index (χ3v) is 2.81. The zero-order chi connectivity index (χ0) is 13.3. The zero-order valence-electron chi connectivity index (χ0n) is 10.9. The Kier molecular flexibility index (Phi) is 3.28. The molecule has 94 valence electrons. The lowest BCUT2D eigenvalue weighted by Gasteiger charge is -2.10. The lowest BCUT2D eigenvalue weighted by atomic mass is 10.2. The van der Waals surface area contributed by atoms with Crippen molar-refractivity contribution in [3.05, 3.63) is 46.7 Å². The Balaban J connectivity index is 2.36. The number of aryl methyl sites for hydroxylation is 3. The molecule has 0 bridgehead atoms. The van der Waals surface area contributed by atoms with Gasteiger partial charge in [-0.25, -0.2) is 9.37 Å². The van der Waals surface area contributed by atoms with E-state index in [0.717, 1.165) is 11.3 Å². The van der Waals surface area contributed by atoms with Crippen molar-refractivity contribution in [1.82, 2.24) is 9.97 Å². The van der Waals surface area contributed by atoms with Gasteiger partial charge in [0.1, 0.15) is 17.4 Å². The molecular weight excluding hydrogens is 231 g/mol. The molecule has 18 heavy (non-hydrogen) atoms. The van der Waals surface area contributed by atoms with Crippen molar-refractivity contribution >= 4 is 0 Å². The van der Waals surface area contributed by atoms with Gasteiger partial charge in [-0.2, -0.15) is 4.98 Å². The molecule has 1 heterocycles. The van der Waals surface area contributed by atoms with Gasteiger partial charge in [0.15, 0.2) is 0 Å². The number of halogens is 1. The smallest absolute Gasteiger partial charge is 0.225 e. The maximum absolute atomic E-state index is 13.4. The Hall–Kier alpha value is -1.97. The average molecular weight is 246 g/mol. The predicted octanol–water partition coefficient (Wildman–Crippen LogP) is 3.64. The Morgan fingerprint density at radius 3 is 2.44 bits per heavy atom. The lowest BCUT2D eigenvalue weighted by molar-refractivity contribution is 0.449. The van der Waals surface area contributed by atoms with Crippen molar-refractivity contribution in [2.75, 3.05) is 0 Å². The highest BCUT2D eigenvalue weighted by atomic mass is 19.1. The first kappa shape index (κ1) is 12.5. The van der Waals surface area contributed by atoms with E-state index in [1.807, 2.05) is 13.8 Å². The summed E-state index contributed by atoms with van der Waals surface area (Å²) in [5.41, 5.74) is 2.32. The molecule has 2 rings (SSSR count). The van der Waals surface area contributed by atoms with Gasteiger partial charge in [-0.05, 0) is 39.3 Å². The summed E-state index contributed by atoms with van der Waals surface area (Å²) < 4.78 is 19.0. The van der Waals surface area contributed by atoms with Crippen LogP contribution < -0.4 is 4.74 Å². The molecule has 0 spiro atoms. The van der Waals surface area contributed by atoms with Gasteiger partial charge in [0, 0.05) is 17.3 Å². The van der Waals surface area contributed by atoms with Gasteiger partial charge in [0.2, 0.25) is 5.88 Å². The van der Waals surface area contributed by atoms with Crippen molar-refractivity contribution in [3.63, 3.8) is 0 Å². The van der Waals surface area contributed by atoms with E-state index in [0.29, 0.717) is 23.0 Å². The van der Waals surface area contributed by atoms with E-state index in [4.69, 9.17) is 4.74 Å². The van der Waals surface area contributed by atoms with Crippen molar-refractivity contribution in [3.8, 4) is 11.6 Å². The maximum atomic E-state index is 13.4. The van der Waals surface area contributed by atoms with Gasteiger partial charge in [-0.3, -0.25) is 0 Å². The minimum absolute atomic E-state index is 0.285. The van der Waals surface area contributed by atoms with E-state index in [1.54, 1.807) is 26.0 Å². The van der Waals surface area contributed by atoms with Gasteiger partial charge in [-0.1, -0.05) is 6.07 Å². The SMILES string of the molecule is Cc1nc(C)c(C)c(Oc2ccc(C)c(F)c2)n1. The summed E-state index contributed by atoms with van der Waals surface area (Å²) in [6, 6.07) is 4.77. The van der Waals surface area contributed by atoms with Crippen LogP contribution in [0, 0.1) is 33.5 Å². The standard InChI is InChI=1S/C14H15FN2O/c1-8-5-6-12(7-13(8)15)18-14-9(2)10(3)16-11(4)17-14/h5-7H,1-4H3. The molecule has 1 aromatic carbocycles. The number of ether oxygens (including phenoxy) is 1. The van der Waals surface area contributed by atoms with E-state index < -0.39 is 0 Å². The number of hydrogen-bond donors (Lipinski definition) is 0. The fraction of sp³-hybridized carbons (Fsp3) is 0.286. The van der Waals surface area contributed by atoms with Crippen LogP contribution in [-0.4, -0.2) is 9.97 Å². The number of nitrogens with zero attached hydrogens (tertiary/aromatic N) is 2. The summed E-state index contributed by atoms with van der Waals surface area (Å²) in [5, 5.41) is 0. The molecule has 0 radical (unpaired) electrons. The van der Waals surface area contributed by atoms with Crippen LogP contribution in [-0.2, 0) is 0 Å². The molecule has 3 nitrogen and oxygen atoms in total. The van der Waals surface area contributed by atoms with Crippen LogP contribution in [0.15, 0.2) is 18.2 Å². The number of rotatable bonds is 2. The second kappa shape index (κ2) is 4.72. The molecule has 0 saturated carbocycles. The highest BCUT2D eigenvalue weighted by Crippen LogP contribution is 2.25. The van der Waals surface area contributed by atoms with Crippen LogP contribution >= 0.6 is 0 Å². The number of aromatic nitrogens is 2. The van der Waals surface area contributed by atoms with Crippen molar-refractivity contribution < 1.29 is 9.13 Å². The van der Waals surface area contributed by atoms with E-state index in [-0.39, 0.29) is 5.82 Å². The minimum Gasteiger partial charge on any atom is -0.439 e. The molecule has 0 fully saturated rings. The number of benzene rings is 1. The molecule has 0 amide bonds. The molecular formula is C14H15FN2O. The average Bonchev–Trinajstić information content (AvgIpc) is 2.30. The predicted molar refractivity (Wildman–Crippen MR) is 67.5 cm³/mol. The molecule has 0 aliphatic heterocycles. The highest BCUT2D eigenvalue weighted by Gasteiger charge is 2.09. The molecule has 0 saturated heterocycles. The summed E-state index contributed by atoms with van der Waals surface area (Å²) in [4.78, 5) is 8.47. The van der Waals surface area contributed by atoms with Gasteiger partial charge in [0.25, 0.3) is 0 Å². The Labute approximate surface area is 106 Å². The normalized spacial score (nSPS) is 10.5. The molecule has 0 N–H and O–H groups in total. The summed E-state index contributed by atoms with van der Waals surface area (Å²) in [7, 11) is 0.